The Kier molecular flexibility index (Phi) is 4.66. The van der Waals surface area contributed by atoms with Gasteiger partial charge in [0.15, 0.2) is 0 Å². The Morgan fingerprint density at radius 1 is 1.29 bits per heavy atom. The largest absolute Gasteiger partial charge is 0.396 e. The van der Waals surface area contributed by atoms with Crippen LogP contribution < -0.4 is 16.6 Å². The molecule has 1 rings (SSSR count). The second kappa shape index (κ2) is 6.11. The zero-order valence-corrected chi connectivity index (χ0v) is 7.90. The van der Waals surface area contributed by atoms with Crippen molar-refractivity contribution in [3.8, 4) is 0 Å². The Balaban J connectivity index is 2.34. The van der Waals surface area contributed by atoms with Crippen molar-refractivity contribution in [1.82, 2.24) is 9.97 Å². The van der Waals surface area contributed by atoms with Gasteiger partial charge in [0.25, 0.3) is 0 Å². The van der Waals surface area contributed by atoms with Gasteiger partial charge in [-0.2, -0.15) is 0 Å². The van der Waals surface area contributed by atoms with Crippen LogP contribution >= 0.6 is 0 Å². The standard InChI is InChI=1S/C8H15N5O/c9-13-8-5-7(11-6-12-8)10-3-1-2-4-14/h5-6,14H,1-4,9H2,(H2,10,11,12,13). The first-order valence-electron chi connectivity index (χ1n) is 4.50. The number of nitrogen functional groups attached to an aromatic ring is 1. The van der Waals surface area contributed by atoms with Crippen molar-refractivity contribution in [3.05, 3.63) is 12.4 Å². The molecule has 0 radical (unpaired) electrons. The monoisotopic (exact) mass is 197 g/mol. The van der Waals surface area contributed by atoms with E-state index >= 15 is 0 Å². The zero-order chi connectivity index (χ0) is 10.2. The molecule has 0 unspecified atom stereocenters. The first-order valence-corrected chi connectivity index (χ1v) is 4.50. The number of nitrogens with zero attached hydrogens (tertiary/aromatic N) is 2. The predicted octanol–water partition coefficient (Wildman–Crippen LogP) is -0.0534. The molecular weight excluding hydrogens is 182 g/mol. The van der Waals surface area contributed by atoms with Gasteiger partial charge in [-0.25, -0.2) is 15.8 Å². The van der Waals surface area contributed by atoms with E-state index in [-0.39, 0.29) is 6.61 Å². The van der Waals surface area contributed by atoms with Crippen LogP contribution in [-0.4, -0.2) is 28.2 Å². The number of aliphatic hydroxyl groups is 1. The predicted molar refractivity (Wildman–Crippen MR) is 54.7 cm³/mol. The number of anilines is 2. The minimum atomic E-state index is 0.223. The summed E-state index contributed by atoms with van der Waals surface area (Å²) < 4.78 is 0. The summed E-state index contributed by atoms with van der Waals surface area (Å²) in [5.74, 6) is 6.50. The average Bonchev–Trinajstić information content (AvgIpc) is 2.25. The summed E-state index contributed by atoms with van der Waals surface area (Å²) in [7, 11) is 0. The van der Waals surface area contributed by atoms with Gasteiger partial charge in [-0.3, -0.25) is 0 Å². The summed E-state index contributed by atoms with van der Waals surface area (Å²) in [6.07, 6.45) is 3.13. The average molecular weight is 197 g/mol. The van der Waals surface area contributed by atoms with E-state index in [4.69, 9.17) is 10.9 Å². The van der Waals surface area contributed by atoms with Crippen LogP contribution in [0.1, 0.15) is 12.8 Å². The summed E-state index contributed by atoms with van der Waals surface area (Å²) in [5, 5.41) is 11.7. The summed E-state index contributed by atoms with van der Waals surface area (Å²) in [5.41, 5.74) is 2.44. The molecule has 5 N–H and O–H groups in total. The molecule has 0 aromatic carbocycles. The number of unbranched alkanes of at least 4 members (excludes halogenated alkanes) is 1. The van der Waals surface area contributed by atoms with E-state index in [9.17, 15) is 0 Å². The molecular formula is C8H15N5O. The fourth-order valence-electron chi connectivity index (χ4n) is 0.986. The highest BCUT2D eigenvalue weighted by molar-refractivity contribution is 5.45. The van der Waals surface area contributed by atoms with Gasteiger partial charge in [0.05, 0.1) is 0 Å². The second-order valence-electron chi connectivity index (χ2n) is 2.79. The fraction of sp³-hybridized carbons (Fsp3) is 0.500. The molecule has 1 heterocycles. The summed E-state index contributed by atoms with van der Waals surface area (Å²) in [6.45, 7) is 1.00. The maximum absolute atomic E-state index is 8.57. The van der Waals surface area contributed by atoms with Gasteiger partial charge >= 0.3 is 0 Å². The van der Waals surface area contributed by atoms with Gasteiger partial charge < -0.3 is 15.8 Å². The van der Waals surface area contributed by atoms with Gasteiger partial charge in [0, 0.05) is 19.2 Å². The minimum Gasteiger partial charge on any atom is -0.396 e. The highest BCUT2D eigenvalue weighted by atomic mass is 16.2. The third-order valence-electron chi connectivity index (χ3n) is 1.71. The molecule has 0 bridgehead atoms. The maximum Gasteiger partial charge on any atom is 0.145 e. The second-order valence-corrected chi connectivity index (χ2v) is 2.79. The molecule has 0 amide bonds. The van der Waals surface area contributed by atoms with Crippen LogP contribution in [0.25, 0.3) is 0 Å². The molecule has 0 saturated carbocycles. The van der Waals surface area contributed by atoms with E-state index in [1.54, 1.807) is 6.07 Å². The van der Waals surface area contributed by atoms with E-state index < -0.39 is 0 Å². The first-order chi connectivity index (χ1) is 6.86. The molecule has 6 heteroatoms. The Morgan fingerprint density at radius 2 is 2.07 bits per heavy atom. The van der Waals surface area contributed by atoms with Crippen LogP contribution in [0.4, 0.5) is 11.6 Å². The van der Waals surface area contributed by atoms with Gasteiger partial charge in [0.1, 0.15) is 18.0 Å². The van der Waals surface area contributed by atoms with Gasteiger partial charge in [0.2, 0.25) is 0 Å². The molecule has 0 saturated heterocycles. The maximum atomic E-state index is 8.57. The van der Waals surface area contributed by atoms with Crippen LogP contribution in [0.15, 0.2) is 12.4 Å². The van der Waals surface area contributed by atoms with E-state index in [2.05, 4.69) is 20.7 Å². The number of rotatable bonds is 6. The van der Waals surface area contributed by atoms with Crippen molar-refractivity contribution in [3.63, 3.8) is 0 Å². The van der Waals surface area contributed by atoms with Gasteiger partial charge in [-0.15, -0.1) is 0 Å². The number of nitrogens with two attached hydrogens (primary N) is 1. The van der Waals surface area contributed by atoms with Crippen LogP contribution in [0.2, 0.25) is 0 Å². The number of hydrogen-bond acceptors (Lipinski definition) is 6. The van der Waals surface area contributed by atoms with E-state index in [0.29, 0.717) is 5.82 Å². The third-order valence-corrected chi connectivity index (χ3v) is 1.71. The Morgan fingerprint density at radius 3 is 2.79 bits per heavy atom. The summed E-state index contributed by atoms with van der Waals surface area (Å²) in [6, 6.07) is 1.72. The number of nitrogens with one attached hydrogen (secondary N) is 2. The number of aromatic nitrogens is 2. The molecule has 14 heavy (non-hydrogen) atoms. The molecule has 6 nitrogen and oxygen atoms in total. The fourth-order valence-corrected chi connectivity index (χ4v) is 0.986. The Bertz CT molecular complexity index is 268. The van der Waals surface area contributed by atoms with Crippen LogP contribution in [0.5, 0.6) is 0 Å². The van der Waals surface area contributed by atoms with E-state index in [1.165, 1.54) is 6.33 Å². The smallest absolute Gasteiger partial charge is 0.145 e. The van der Waals surface area contributed by atoms with Crippen molar-refractivity contribution in [2.75, 3.05) is 23.9 Å². The number of hydrogen-bond donors (Lipinski definition) is 4. The number of hydrazine groups is 1. The molecule has 78 valence electrons. The lowest BCUT2D eigenvalue weighted by Crippen LogP contribution is -2.10. The highest BCUT2D eigenvalue weighted by Crippen LogP contribution is 2.06. The highest BCUT2D eigenvalue weighted by Gasteiger charge is 1.95. The van der Waals surface area contributed by atoms with Crippen molar-refractivity contribution in [1.29, 1.82) is 0 Å². The summed E-state index contributed by atoms with van der Waals surface area (Å²) in [4.78, 5) is 7.88. The van der Waals surface area contributed by atoms with Gasteiger partial charge in [-0.1, -0.05) is 0 Å². The normalized spacial score (nSPS) is 9.86. The lowest BCUT2D eigenvalue weighted by Gasteiger charge is -2.05. The molecule has 0 aliphatic heterocycles. The molecule has 0 fully saturated rings. The quantitative estimate of drug-likeness (QED) is 0.290. The van der Waals surface area contributed by atoms with Crippen LogP contribution in [0, 0.1) is 0 Å². The van der Waals surface area contributed by atoms with Crippen molar-refractivity contribution < 1.29 is 5.11 Å². The van der Waals surface area contributed by atoms with Crippen LogP contribution in [-0.2, 0) is 0 Å². The van der Waals surface area contributed by atoms with Crippen molar-refractivity contribution in [2.45, 2.75) is 12.8 Å². The van der Waals surface area contributed by atoms with Crippen molar-refractivity contribution >= 4 is 11.6 Å². The molecule has 1 aromatic rings. The molecule has 0 aliphatic rings. The topological polar surface area (TPSA) is 96.1 Å². The zero-order valence-electron chi connectivity index (χ0n) is 7.90. The first kappa shape index (κ1) is 10.7. The summed E-state index contributed by atoms with van der Waals surface area (Å²) >= 11 is 0. The van der Waals surface area contributed by atoms with Crippen molar-refractivity contribution in [2.24, 2.45) is 5.84 Å². The number of aliphatic hydroxyl groups excluding tert-OH is 1. The third kappa shape index (κ3) is 3.55. The van der Waals surface area contributed by atoms with Gasteiger partial charge in [-0.05, 0) is 12.8 Å². The van der Waals surface area contributed by atoms with E-state index in [0.717, 1.165) is 25.2 Å². The lowest BCUT2D eigenvalue weighted by molar-refractivity contribution is 0.286. The van der Waals surface area contributed by atoms with E-state index in [1.807, 2.05) is 0 Å². The molecule has 0 aliphatic carbocycles. The Labute approximate surface area is 82.5 Å². The molecule has 1 aromatic heterocycles. The minimum absolute atomic E-state index is 0.223. The van der Waals surface area contributed by atoms with Crippen LogP contribution in [0.3, 0.4) is 0 Å². The SMILES string of the molecule is NNc1cc(NCCCCO)ncn1. The lowest BCUT2D eigenvalue weighted by atomic mass is 10.3. The Hall–Kier alpha value is -1.40. The molecule has 0 spiro atoms. The molecule has 0 atom stereocenters.